The molecule has 0 bridgehead atoms. The van der Waals surface area contributed by atoms with E-state index >= 15 is 4.79 Å². The van der Waals surface area contributed by atoms with Crippen LogP contribution in [0, 0.1) is 42.4 Å². The number of carbonyl (C=O) groups excluding carboxylic acids is 2. The fourth-order valence-corrected chi connectivity index (χ4v) is 12.8. The van der Waals surface area contributed by atoms with Gasteiger partial charge in [-0.15, -0.1) is 5.53 Å². The Labute approximate surface area is 386 Å². The van der Waals surface area contributed by atoms with Crippen LogP contribution in [0.25, 0.3) is 5.70 Å². The topological polar surface area (TPSA) is 159 Å². The van der Waals surface area contributed by atoms with Gasteiger partial charge in [-0.2, -0.15) is 0 Å². The summed E-state index contributed by atoms with van der Waals surface area (Å²) in [4.78, 5) is 31.5. The number of allylic oxidation sites excluding steroid dienone is 2. The monoisotopic (exact) mass is 909 g/mol. The van der Waals surface area contributed by atoms with Gasteiger partial charge in [-0.25, -0.2) is 0 Å². The number of aliphatic hydroxyl groups excluding tert-OH is 1. The van der Waals surface area contributed by atoms with Crippen LogP contribution in [0.5, 0.6) is 0 Å². The zero-order valence-corrected chi connectivity index (χ0v) is 40.2. The van der Waals surface area contributed by atoms with E-state index in [2.05, 4.69) is 68.1 Å². The van der Waals surface area contributed by atoms with E-state index in [1.807, 2.05) is 38.0 Å². The highest BCUT2D eigenvalue weighted by atomic mass is 16.7. The summed E-state index contributed by atoms with van der Waals surface area (Å²) in [6.07, 6.45) is 5.21. The smallest absolute Gasteiger partial charge is 0.306 e. The largest absolute Gasteiger partial charge is 0.462 e. The van der Waals surface area contributed by atoms with Crippen molar-refractivity contribution in [2.75, 3.05) is 35.4 Å². The van der Waals surface area contributed by atoms with Crippen molar-refractivity contribution in [3.05, 3.63) is 53.2 Å². The molecule has 15 nitrogen and oxygen atoms in total. The predicted octanol–water partition coefficient (Wildman–Crippen LogP) is 5.29. The number of aryl methyl sites for hydroxylation is 1. The maximum Gasteiger partial charge on any atom is 0.306 e. The molecule has 5 unspecified atom stereocenters. The molecule has 0 spiro atoms. The van der Waals surface area contributed by atoms with Gasteiger partial charge in [0.15, 0.2) is 18.4 Å². The molecule has 0 radical (unpaired) electrons. The van der Waals surface area contributed by atoms with Gasteiger partial charge in [0.05, 0.1) is 48.7 Å². The Morgan fingerprint density at radius 3 is 2.35 bits per heavy atom. The fourth-order valence-electron chi connectivity index (χ4n) is 12.8. The van der Waals surface area contributed by atoms with E-state index in [9.17, 15) is 9.90 Å². The Hall–Kier alpha value is -2.96. The van der Waals surface area contributed by atoms with Gasteiger partial charge in [0.2, 0.25) is 0 Å². The van der Waals surface area contributed by atoms with Crippen LogP contribution in [0.2, 0.25) is 0 Å². The van der Waals surface area contributed by atoms with E-state index in [1.54, 1.807) is 21.3 Å². The molecule has 5 fully saturated rings. The van der Waals surface area contributed by atoms with Gasteiger partial charge in [-0.1, -0.05) is 43.7 Å². The summed E-state index contributed by atoms with van der Waals surface area (Å²) >= 11 is 0. The molecule has 4 heterocycles. The number of carbonyl (C=O) groups is 2. The van der Waals surface area contributed by atoms with E-state index in [0.717, 1.165) is 36.1 Å². The number of ketones is 1. The maximum absolute atomic E-state index is 15.2. The maximum atomic E-state index is 15.2. The number of hydrazine groups is 2. The lowest BCUT2D eigenvalue weighted by molar-refractivity contribution is -0.314. The highest BCUT2D eigenvalue weighted by Crippen LogP contribution is 2.58. The van der Waals surface area contributed by atoms with Crippen molar-refractivity contribution >= 4 is 17.4 Å². The van der Waals surface area contributed by atoms with Crippen LogP contribution in [0.3, 0.4) is 0 Å². The van der Waals surface area contributed by atoms with Gasteiger partial charge in [0.25, 0.3) is 0 Å². The molecule has 0 amide bonds. The van der Waals surface area contributed by atoms with Crippen LogP contribution >= 0.6 is 0 Å². The predicted molar refractivity (Wildman–Crippen MR) is 242 cm³/mol. The third kappa shape index (κ3) is 9.84. The third-order valence-corrected chi connectivity index (χ3v) is 16.1. The Morgan fingerprint density at radius 1 is 0.908 bits per heavy atom. The molecule has 7 aliphatic rings. The standard InChI is InChI=1S/C50H76N4O11/c1-11-31-16-13-17-40(65-42-19-18-39(53(6)7)28(4)61-42)27(3)45(56)37-23-34-33-21-32(64-50-49(60-10)48(59-9)47(58-8)29(5)62-50)22-36(33)44(46(57)43(34)35(37)24-41(55)63-31)54-25-38(51-52-54)30-15-12-14-26(2)20-30/h12,14-15,20,23,25,27-29,31-36,39-40,42-44,46-52,57H,11,13,16-19,21-22,24H2,1-10H3/t27-,28?,29?,31+,32+,33+,34+,35-,36-,39+,40+,42+,43-,44?,46?,47+,48?,49+,50+/m1/s1. The number of methoxy groups -OCH3 is 3. The Kier molecular flexibility index (Phi) is 15.5. The minimum absolute atomic E-state index is 0.00219. The molecule has 15 heteroatoms. The van der Waals surface area contributed by atoms with E-state index < -0.39 is 60.8 Å². The molecular weight excluding hydrogens is 833 g/mol. The number of fused-ring (bicyclic) bond motifs is 5. The molecule has 362 valence electrons. The molecule has 2 saturated carbocycles. The van der Waals surface area contributed by atoms with E-state index in [4.69, 9.17) is 37.9 Å². The number of likely N-dealkylation sites (N-methyl/N-ethyl adjacent to an activating group) is 1. The fraction of sp³-hybridized carbons (Fsp3) is 0.760. The summed E-state index contributed by atoms with van der Waals surface area (Å²) < 4.78 is 50.5. The number of ether oxygens (including phenoxy) is 8. The molecule has 1 aromatic carbocycles. The van der Waals surface area contributed by atoms with E-state index in [-0.39, 0.29) is 66.4 Å². The summed E-state index contributed by atoms with van der Waals surface area (Å²) in [7, 11) is 9.08. The molecule has 8 rings (SSSR count). The van der Waals surface area contributed by atoms with Crippen molar-refractivity contribution in [3.63, 3.8) is 0 Å². The number of hydrogen-bond donors (Lipinski definition) is 3. The molecule has 65 heavy (non-hydrogen) atoms. The molecule has 1 aromatic rings. The number of nitrogens with zero attached hydrogens (tertiary/aromatic N) is 2. The molecule has 0 aromatic heterocycles. The molecule has 4 aliphatic heterocycles. The van der Waals surface area contributed by atoms with Crippen molar-refractivity contribution in [1.29, 1.82) is 0 Å². The first-order chi connectivity index (χ1) is 31.2. The second-order valence-electron chi connectivity index (χ2n) is 20.2. The van der Waals surface area contributed by atoms with Crippen LogP contribution in [-0.2, 0) is 47.5 Å². The van der Waals surface area contributed by atoms with Crippen molar-refractivity contribution in [2.24, 2.45) is 35.5 Å². The van der Waals surface area contributed by atoms with Gasteiger partial charge in [-0.3, -0.25) is 14.6 Å². The lowest BCUT2D eigenvalue weighted by Gasteiger charge is -2.49. The van der Waals surface area contributed by atoms with E-state index in [1.165, 1.54) is 0 Å². The number of Topliss-reactive ketones (excluding diaryl/α,β-unsaturated/α-hetero) is 1. The number of hydrogen-bond acceptors (Lipinski definition) is 15. The van der Waals surface area contributed by atoms with Crippen LogP contribution in [0.4, 0.5) is 0 Å². The number of rotatable bonds is 11. The van der Waals surface area contributed by atoms with Gasteiger partial charge >= 0.3 is 5.97 Å². The van der Waals surface area contributed by atoms with Crippen LogP contribution < -0.4 is 11.0 Å². The lowest BCUT2D eigenvalue weighted by Crippen LogP contribution is -2.60. The average Bonchev–Trinajstić information content (AvgIpc) is 4.03. The first-order valence-electron chi connectivity index (χ1n) is 24.3. The third-order valence-electron chi connectivity index (χ3n) is 16.1. The summed E-state index contributed by atoms with van der Waals surface area (Å²) in [6, 6.07) is 8.13. The number of esters is 1. The van der Waals surface area contributed by atoms with Crippen LogP contribution in [-0.4, -0.2) is 142 Å². The van der Waals surface area contributed by atoms with Gasteiger partial charge in [-0.05, 0) is 116 Å². The molecule has 19 atom stereocenters. The lowest BCUT2D eigenvalue weighted by atomic mass is 9.62. The highest BCUT2D eigenvalue weighted by Gasteiger charge is 2.61. The number of nitrogens with one attached hydrogen (secondary N) is 2. The second-order valence-corrected chi connectivity index (χ2v) is 20.2. The Bertz CT molecular complexity index is 1880. The zero-order valence-electron chi connectivity index (χ0n) is 40.2. The Morgan fingerprint density at radius 2 is 1.66 bits per heavy atom. The van der Waals surface area contributed by atoms with Gasteiger partial charge in [0, 0.05) is 56.9 Å². The molecule has 3 aliphatic carbocycles. The normalized spacial score (nSPS) is 42.5. The number of aliphatic hydroxyl groups is 1. The first kappa shape index (κ1) is 48.5. The molecule has 3 saturated heterocycles. The second kappa shape index (κ2) is 20.7. The minimum atomic E-state index is -0.932. The molecular formula is C50H76N4O11. The highest BCUT2D eigenvalue weighted by molar-refractivity contribution is 5.99. The van der Waals surface area contributed by atoms with Crippen molar-refractivity contribution in [1.82, 2.24) is 20.9 Å². The summed E-state index contributed by atoms with van der Waals surface area (Å²) in [5.41, 5.74) is 10.4. The average molecular weight is 909 g/mol. The SMILES string of the molecule is CC[C@H]1CCC[C@H](O[C@H]2CC[C@H](N(C)C)C(C)O2)[C@@H](C)C(=O)C2=C[C@H]3[C@@H]4C[C@H](O[C@@H]5OC(C)[C@H](OC)C(OC)[C@@H]5OC)C[C@H]4C(N4C=C(c5cccc(C)c5)NN4)C(O)[C@H]3[C@@H]2CC(=O)O1. The van der Waals surface area contributed by atoms with Crippen molar-refractivity contribution in [2.45, 2.75) is 172 Å². The van der Waals surface area contributed by atoms with Crippen LogP contribution in [0.15, 0.2) is 42.1 Å². The number of cyclic esters (lactones) is 1. The van der Waals surface area contributed by atoms with E-state index in [0.29, 0.717) is 43.7 Å². The van der Waals surface area contributed by atoms with Gasteiger partial charge < -0.3 is 53.3 Å². The summed E-state index contributed by atoms with van der Waals surface area (Å²) in [6.45, 7) is 10.1. The summed E-state index contributed by atoms with van der Waals surface area (Å²) in [5.74, 6) is -2.15. The van der Waals surface area contributed by atoms with Crippen molar-refractivity contribution in [3.8, 4) is 0 Å². The van der Waals surface area contributed by atoms with Gasteiger partial charge in [0.1, 0.15) is 24.4 Å². The minimum Gasteiger partial charge on any atom is -0.462 e. The number of benzene rings is 1. The zero-order chi connectivity index (χ0) is 46.3. The summed E-state index contributed by atoms with van der Waals surface area (Å²) in [5, 5.41) is 15.0. The van der Waals surface area contributed by atoms with Crippen LogP contribution in [0.1, 0.15) is 96.6 Å². The quantitative estimate of drug-likeness (QED) is 0.246. The molecule has 3 N–H and O–H groups in total. The Balaban J connectivity index is 1.13. The first-order valence-corrected chi connectivity index (χ1v) is 24.3. The van der Waals surface area contributed by atoms with Crippen molar-refractivity contribution < 1.29 is 52.6 Å².